The molecule has 0 radical (unpaired) electrons. The molecule has 3 rings (SSSR count). The van der Waals surface area contributed by atoms with Gasteiger partial charge < -0.3 is 15.4 Å². The molecule has 6 heteroatoms. The summed E-state index contributed by atoms with van der Waals surface area (Å²) in [6.07, 6.45) is 1.75. The molecule has 2 N–H and O–H groups in total. The Morgan fingerprint density at radius 1 is 1.16 bits per heavy atom. The van der Waals surface area contributed by atoms with Crippen molar-refractivity contribution in [1.29, 1.82) is 0 Å². The fraction of sp³-hybridized carbons (Fsp3) is 0.158. The van der Waals surface area contributed by atoms with E-state index in [4.69, 9.17) is 4.74 Å². The number of rotatable bonds is 7. The highest BCUT2D eigenvalue weighted by molar-refractivity contribution is 7.13. The zero-order valence-electron chi connectivity index (χ0n) is 13.9. The SMILES string of the molecule is Cc1ccc(NC(=O)COc2ccccc2CNc2nccs2)cc1. The van der Waals surface area contributed by atoms with Crippen LogP contribution in [-0.2, 0) is 11.3 Å². The molecule has 1 heterocycles. The van der Waals surface area contributed by atoms with E-state index in [0.717, 1.165) is 21.9 Å². The molecular formula is C19H19N3O2S. The van der Waals surface area contributed by atoms with Crippen molar-refractivity contribution in [1.82, 2.24) is 4.98 Å². The number of carbonyl (C=O) groups excluding carboxylic acids is 1. The Bertz CT molecular complexity index is 817. The van der Waals surface area contributed by atoms with Gasteiger partial charge in [0.15, 0.2) is 11.7 Å². The second-order valence-corrected chi connectivity index (χ2v) is 6.40. The molecule has 3 aromatic rings. The van der Waals surface area contributed by atoms with Crippen LogP contribution in [-0.4, -0.2) is 17.5 Å². The van der Waals surface area contributed by atoms with Crippen LogP contribution in [0.3, 0.4) is 0 Å². The molecule has 0 aliphatic heterocycles. The standard InChI is InChI=1S/C19H19N3O2S/c1-14-6-8-16(9-7-14)22-18(23)13-24-17-5-3-2-4-15(17)12-21-19-20-10-11-25-19/h2-11H,12-13H2,1H3,(H,20,21)(H,22,23). The van der Waals surface area contributed by atoms with E-state index in [1.54, 1.807) is 17.5 Å². The maximum absolute atomic E-state index is 12.1. The molecule has 1 amide bonds. The normalized spacial score (nSPS) is 10.3. The summed E-state index contributed by atoms with van der Waals surface area (Å²) in [5.41, 5.74) is 2.88. The van der Waals surface area contributed by atoms with Crippen molar-refractivity contribution in [3.8, 4) is 5.75 Å². The van der Waals surface area contributed by atoms with Gasteiger partial charge >= 0.3 is 0 Å². The van der Waals surface area contributed by atoms with Crippen LogP contribution in [0.5, 0.6) is 5.75 Å². The van der Waals surface area contributed by atoms with Gasteiger partial charge in [-0.3, -0.25) is 4.79 Å². The maximum Gasteiger partial charge on any atom is 0.262 e. The highest BCUT2D eigenvalue weighted by atomic mass is 32.1. The molecule has 128 valence electrons. The first-order valence-electron chi connectivity index (χ1n) is 7.91. The Labute approximate surface area is 150 Å². The molecule has 0 unspecified atom stereocenters. The quantitative estimate of drug-likeness (QED) is 0.672. The number of carbonyl (C=O) groups is 1. The Balaban J connectivity index is 1.55. The smallest absolute Gasteiger partial charge is 0.262 e. The number of benzene rings is 2. The molecule has 0 spiro atoms. The number of ether oxygens (including phenoxy) is 1. The van der Waals surface area contributed by atoms with E-state index in [-0.39, 0.29) is 12.5 Å². The lowest BCUT2D eigenvalue weighted by Gasteiger charge is -2.12. The number of aromatic nitrogens is 1. The summed E-state index contributed by atoms with van der Waals surface area (Å²) < 4.78 is 5.70. The summed E-state index contributed by atoms with van der Waals surface area (Å²) in [7, 11) is 0. The Morgan fingerprint density at radius 3 is 2.72 bits per heavy atom. The van der Waals surface area contributed by atoms with E-state index in [1.165, 1.54) is 0 Å². The van der Waals surface area contributed by atoms with E-state index < -0.39 is 0 Å². The van der Waals surface area contributed by atoms with Gasteiger partial charge in [-0.1, -0.05) is 35.9 Å². The van der Waals surface area contributed by atoms with Crippen LogP contribution in [0.25, 0.3) is 0 Å². The van der Waals surface area contributed by atoms with Crippen molar-refractivity contribution in [3.05, 3.63) is 71.2 Å². The fourth-order valence-electron chi connectivity index (χ4n) is 2.25. The lowest BCUT2D eigenvalue weighted by molar-refractivity contribution is -0.118. The monoisotopic (exact) mass is 353 g/mol. The summed E-state index contributed by atoms with van der Waals surface area (Å²) in [5, 5.41) is 8.84. The van der Waals surface area contributed by atoms with Crippen LogP contribution in [0, 0.1) is 6.92 Å². The average molecular weight is 353 g/mol. The number of nitrogens with zero attached hydrogens (tertiary/aromatic N) is 1. The molecule has 5 nitrogen and oxygen atoms in total. The van der Waals surface area contributed by atoms with Gasteiger partial charge in [-0.15, -0.1) is 11.3 Å². The van der Waals surface area contributed by atoms with Gasteiger partial charge in [-0.25, -0.2) is 4.98 Å². The molecule has 0 aliphatic rings. The summed E-state index contributed by atoms with van der Waals surface area (Å²) in [6.45, 7) is 2.55. The summed E-state index contributed by atoms with van der Waals surface area (Å²) >= 11 is 1.54. The number of hydrogen-bond donors (Lipinski definition) is 2. The van der Waals surface area contributed by atoms with E-state index in [1.807, 2.05) is 60.8 Å². The van der Waals surface area contributed by atoms with E-state index in [9.17, 15) is 4.79 Å². The van der Waals surface area contributed by atoms with Crippen molar-refractivity contribution in [2.45, 2.75) is 13.5 Å². The van der Waals surface area contributed by atoms with Gasteiger partial charge in [-0.2, -0.15) is 0 Å². The zero-order chi connectivity index (χ0) is 17.5. The minimum atomic E-state index is -0.188. The molecule has 0 fully saturated rings. The van der Waals surface area contributed by atoms with Gasteiger partial charge in [0.1, 0.15) is 5.75 Å². The molecule has 0 aliphatic carbocycles. The predicted molar refractivity (Wildman–Crippen MR) is 101 cm³/mol. The van der Waals surface area contributed by atoms with Gasteiger partial charge in [0, 0.05) is 29.4 Å². The third-order valence-corrected chi connectivity index (χ3v) is 4.26. The Hall–Kier alpha value is -2.86. The number of nitrogens with one attached hydrogen (secondary N) is 2. The third-order valence-electron chi connectivity index (χ3n) is 3.53. The zero-order valence-corrected chi connectivity index (χ0v) is 14.7. The largest absolute Gasteiger partial charge is 0.483 e. The minimum Gasteiger partial charge on any atom is -0.483 e. The molecule has 1 aromatic heterocycles. The average Bonchev–Trinajstić information content (AvgIpc) is 3.14. The Morgan fingerprint density at radius 2 is 1.96 bits per heavy atom. The second-order valence-electron chi connectivity index (χ2n) is 5.50. The van der Waals surface area contributed by atoms with Crippen molar-refractivity contribution in [3.63, 3.8) is 0 Å². The van der Waals surface area contributed by atoms with Crippen LogP contribution >= 0.6 is 11.3 Å². The van der Waals surface area contributed by atoms with E-state index in [2.05, 4.69) is 15.6 Å². The number of hydrogen-bond acceptors (Lipinski definition) is 5. The van der Waals surface area contributed by atoms with Crippen molar-refractivity contribution >= 4 is 28.1 Å². The second kappa shape index (κ2) is 8.30. The number of thiazole rings is 1. The van der Waals surface area contributed by atoms with Crippen molar-refractivity contribution < 1.29 is 9.53 Å². The highest BCUT2D eigenvalue weighted by Crippen LogP contribution is 2.20. The number of aryl methyl sites for hydroxylation is 1. The summed E-state index contributed by atoms with van der Waals surface area (Å²) in [6, 6.07) is 15.3. The first-order valence-corrected chi connectivity index (χ1v) is 8.79. The minimum absolute atomic E-state index is 0.0395. The van der Waals surface area contributed by atoms with Crippen LogP contribution in [0.15, 0.2) is 60.1 Å². The summed E-state index contributed by atoms with van der Waals surface area (Å²) in [4.78, 5) is 16.3. The highest BCUT2D eigenvalue weighted by Gasteiger charge is 2.07. The van der Waals surface area contributed by atoms with Crippen LogP contribution in [0.2, 0.25) is 0 Å². The number of para-hydroxylation sites is 1. The van der Waals surface area contributed by atoms with E-state index in [0.29, 0.717) is 12.3 Å². The molecule has 0 bridgehead atoms. The van der Waals surface area contributed by atoms with E-state index >= 15 is 0 Å². The maximum atomic E-state index is 12.1. The lowest BCUT2D eigenvalue weighted by atomic mass is 10.2. The van der Waals surface area contributed by atoms with Crippen molar-refractivity contribution in [2.24, 2.45) is 0 Å². The molecule has 0 saturated carbocycles. The molecule has 25 heavy (non-hydrogen) atoms. The fourth-order valence-corrected chi connectivity index (χ4v) is 2.78. The van der Waals surface area contributed by atoms with Crippen LogP contribution < -0.4 is 15.4 Å². The number of anilines is 2. The van der Waals surface area contributed by atoms with Crippen molar-refractivity contribution in [2.75, 3.05) is 17.2 Å². The molecule has 0 saturated heterocycles. The first-order chi connectivity index (χ1) is 12.2. The topological polar surface area (TPSA) is 63.2 Å². The first kappa shape index (κ1) is 17.0. The van der Waals surface area contributed by atoms with Gasteiger partial charge in [0.25, 0.3) is 5.91 Å². The predicted octanol–water partition coefficient (Wildman–Crippen LogP) is 4.08. The molecule has 2 aromatic carbocycles. The van der Waals surface area contributed by atoms with Gasteiger partial charge in [0.2, 0.25) is 0 Å². The molecule has 0 atom stereocenters. The van der Waals surface area contributed by atoms with Gasteiger partial charge in [0.05, 0.1) is 0 Å². The Kier molecular flexibility index (Phi) is 5.64. The summed E-state index contributed by atoms with van der Waals surface area (Å²) in [5.74, 6) is 0.497. The lowest BCUT2D eigenvalue weighted by Crippen LogP contribution is -2.20. The number of amides is 1. The van der Waals surface area contributed by atoms with Crippen LogP contribution in [0.1, 0.15) is 11.1 Å². The van der Waals surface area contributed by atoms with Gasteiger partial charge in [-0.05, 0) is 25.1 Å². The molecular weight excluding hydrogens is 334 g/mol. The van der Waals surface area contributed by atoms with Crippen LogP contribution in [0.4, 0.5) is 10.8 Å². The third kappa shape index (κ3) is 5.06.